The van der Waals surface area contributed by atoms with Crippen molar-refractivity contribution in [2.75, 3.05) is 5.32 Å². The van der Waals surface area contributed by atoms with Gasteiger partial charge >= 0.3 is 0 Å². The topological polar surface area (TPSA) is 49.3 Å². The van der Waals surface area contributed by atoms with Crippen molar-refractivity contribution in [2.45, 2.75) is 13.3 Å². The maximum Gasteiger partial charge on any atom is 0.228 e. The van der Waals surface area contributed by atoms with Crippen LogP contribution in [0.25, 0.3) is 0 Å². The van der Waals surface area contributed by atoms with E-state index in [1.165, 1.54) is 12.1 Å². The van der Waals surface area contributed by atoms with Crippen molar-refractivity contribution in [3.05, 3.63) is 59.2 Å². The molecule has 1 amide bonds. The van der Waals surface area contributed by atoms with Crippen molar-refractivity contribution in [3.8, 4) is 5.75 Å². The summed E-state index contributed by atoms with van der Waals surface area (Å²) >= 11 is 0. The molecular weight excluding hydrogens is 264 g/mol. The van der Waals surface area contributed by atoms with Crippen molar-refractivity contribution in [2.24, 2.45) is 0 Å². The van der Waals surface area contributed by atoms with Crippen molar-refractivity contribution in [1.29, 1.82) is 0 Å². The molecule has 0 radical (unpaired) electrons. The van der Waals surface area contributed by atoms with Gasteiger partial charge in [-0.2, -0.15) is 0 Å². The van der Waals surface area contributed by atoms with Gasteiger partial charge in [-0.25, -0.2) is 8.78 Å². The van der Waals surface area contributed by atoms with Gasteiger partial charge in [-0.05, 0) is 36.8 Å². The molecule has 0 aliphatic carbocycles. The van der Waals surface area contributed by atoms with Crippen LogP contribution in [0.5, 0.6) is 5.75 Å². The molecule has 2 rings (SSSR count). The molecule has 0 unspecified atom stereocenters. The second-order valence-corrected chi connectivity index (χ2v) is 4.42. The normalized spacial score (nSPS) is 10.3. The van der Waals surface area contributed by atoms with E-state index in [0.717, 1.165) is 12.1 Å². The molecule has 20 heavy (non-hydrogen) atoms. The summed E-state index contributed by atoms with van der Waals surface area (Å²) < 4.78 is 25.8. The Bertz CT molecular complexity index is 656. The van der Waals surface area contributed by atoms with Gasteiger partial charge in [0.05, 0.1) is 6.42 Å². The Morgan fingerprint density at radius 1 is 1.20 bits per heavy atom. The molecule has 0 aliphatic heterocycles. The summed E-state index contributed by atoms with van der Waals surface area (Å²) in [4.78, 5) is 11.8. The number of phenols is 1. The lowest BCUT2D eigenvalue weighted by Crippen LogP contribution is -2.15. The van der Waals surface area contributed by atoms with Crippen LogP contribution in [-0.4, -0.2) is 11.0 Å². The van der Waals surface area contributed by atoms with Crippen LogP contribution in [0.2, 0.25) is 0 Å². The highest BCUT2D eigenvalue weighted by molar-refractivity contribution is 5.93. The highest BCUT2D eigenvalue weighted by Gasteiger charge is 2.09. The van der Waals surface area contributed by atoms with Gasteiger partial charge in [0.25, 0.3) is 0 Å². The van der Waals surface area contributed by atoms with E-state index >= 15 is 0 Å². The van der Waals surface area contributed by atoms with Crippen LogP contribution in [0.1, 0.15) is 11.1 Å². The number of aromatic hydroxyl groups is 1. The molecule has 2 aromatic carbocycles. The second-order valence-electron chi connectivity index (χ2n) is 4.42. The average Bonchev–Trinajstić information content (AvgIpc) is 2.39. The molecular formula is C15H13F2NO2. The van der Waals surface area contributed by atoms with Gasteiger partial charge in [-0.1, -0.05) is 12.1 Å². The molecule has 0 spiro atoms. The first-order valence-electron chi connectivity index (χ1n) is 5.99. The summed E-state index contributed by atoms with van der Waals surface area (Å²) in [5.41, 5.74) is 1.41. The first-order chi connectivity index (χ1) is 9.47. The van der Waals surface area contributed by atoms with Crippen LogP contribution in [0.4, 0.5) is 14.5 Å². The lowest BCUT2D eigenvalue weighted by Gasteiger charge is -2.09. The van der Waals surface area contributed by atoms with Gasteiger partial charge in [0.15, 0.2) is 11.6 Å². The predicted octanol–water partition coefficient (Wildman–Crippen LogP) is 3.16. The van der Waals surface area contributed by atoms with E-state index in [1.807, 2.05) is 0 Å². The second kappa shape index (κ2) is 5.69. The Morgan fingerprint density at radius 2 is 1.95 bits per heavy atom. The van der Waals surface area contributed by atoms with Crippen LogP contribution >= 0.6 is 0 Å². The number of halogens is 2. The maximum absolute atomic E-state index is 13.0. The summed E-state index contributed by atoms with van der Waals surface area (Å²) in [6.45, 7) is 1.67. The van der Waals surface area contributed by atoms with E-state index in [0.29, 0.717) is 16.8 Å². The number of anilines is 1. The minimum atomic E-state index is -0.983. The van der Waals surface area contributed by atoms with Crippen molar-refractivity contribution in [1.82, 2.24) is 0 Å². The number of benzene rings is 2. The fraction of sp³-hybridized carbons (Fsp3) is 0.133. The minimum absolute atomic E-state index is 0.0771. The molecule has 2 aromatic rings. The zero-order valence-electron chi connectivity index (χ0n) is 10.8. The number of amides is 1. The van der Waals surface area contributed by atoms with Gasteiger partial charge in [-0.3, -0.25) is 4.79 Å². The van der Waals surface area contributed by atoms with Crippen LogP contribution in [-0.2, 0) is 11.2 Å². The number of carbonyl (C=O) groups excluding carboxylic acids is 1. The lowest BCUT2D eigenvalue weighted by molar-refractivity contribution is -0.115. The van der Waals surface area contributed by atoms with E-state index in [9.17, 15) is 18.7 Å². The lowest BCUT2D eigenvalue weighted by atomic mass is 10.1. The first kappa shape index (κ1) is 14.0. The highest BCUT2D eigenvalue weighted by atomic mass is 19.2. The number of phenolic OH excluding ortho intramolecular Hbond substituents is 1. The van der Waals surface area contributed by atoms with Gasteiger partial charge in [0.1, 0.15) is 5.75 Å². The average molecular weight is 277 g/mol. The number of hydrogen-bond donors (Lipinski definition) is 2. The Morgan fingerprint density at radius 3 is 2.65 bits per heavy atom. The zero-order chi connectivity index (χ0) is 14.7. The number of nitrogens with one attached hydrogen (secondary N) is 1. The molecule has 3 nitrogen and oxygen atoms in total. The Hall–Kier alpha value is -2.43. The quantitative estimate of drug-likeness (QED) is 0.905. The van der Waals surface area contributed by atoms with Crippen molar-refractivity contribution >= 4 is 11.6 Å². The van der Waals surface area contributed by atoms with Crippen LogP contribution in [0.15, 0.2) is 36.4 Å². The van der Waals surface area contributed by atoms with Gasteiger partial charge < -0.3 is 10.4 Å². The summed E-state index contributed by atoms with van der Waals surface area (Å²) in [7, 11) is 0. The number of rotatable bonds is 3. The molecule has 0 atom stereocenters. The van der Waals surface area contributed by atoms with Crippen molar-refractivity contribution < 1.29 is 18.7 Å². The summed E-state index contributed by atoms with van der Waals surface area (Å²) in [5, 5.41) is 12.1. The molecule has 0 fully saturated rings. The molecule has 2 N–H and O–H groups in total. The molecule has 0 saturated carbocycles. The molecule has 104 valence electrons. The van der Waals surface area contributed by atoms with E-state index in [2.05, 4.69) is 5.32 Å². The largest absolute Gasteiger partial charge is 0.508 e. The minimum Gasteiger partial charge on any atom is -0.508 e. The van der Waals surface area contributed by atoms with Crippen LogP contribution in [0.3, 0.4) is 0 Å². The fourth-order valence-electron chi connectivity index (χ4n) is 1.79. The van der Waals surface area contributed by atoms with E-state index in [-0.39, 0.29) is 18.1 Å². The Labute approximate surface area is 114 Å². The van der Waals surface area contributed by atoms with E-state index in [4.69, 9.17) is 0 Å². The molecule has 0 aromatic heterocycles. The third kappa shape index (κ3) is 3.12. The predicted molar refractivity (Wildman–Crippen MR) is 71.5 cm³/mol. The molecule has 0 heterocycles. The SMILES string of the molecule is Cc1c(O)cccc1NC(=O)Cc1ccc(F)c(F)c1. The third-order valence-corrected chi connectivity index (χ3v) is 2.93. The van der Waals surface area contributed by atoms with Gasteiger partial charge in [0.2, 0.25) is 5.91 Å². The van der Waals surface area contributed by atoms with E-state index < -0.39 is 11.6 Å². The van der Waals surface area contributed by atoms with Crippen molar-refractivity contribution in [3.63, 3.8) is 0 Å². The number of hydrogen-bond acceptors (Lipinski definition) is 2. The Balaban J connectivity index is 2.09. The molecule has 5 heteroatoms. The highest BCUT2D eigenvalue weighted by Crippen LogP contribution is 2.24. The standard InChI is InChI=1S/C15H13F2NO2/c1-9-13(3-2-4-14(9)19)18-15(20)8-10-5-6-11(16)12(17)7-10/h2-7,19H,8H2,1H3,(H,18,20). The monoisotopic (exact) mass is 277 g/mol. The van der Waals surface area contributed by atoms with Gasteiger partial charge in [-0.15, -0.1) is 0 Å². The zero-order valence-corrected chi connectivity index (χ0v) is 10.8. The molecule has 0 saturated heterocycles. The maximum atomic E-state index is 13.0. The number of carbonyl (C=O) groups is 1. The third-order valence-electron chi connectivity index (χ3n) is 2.93. The molecule has 0 bridgehead atoms. The van der Waals surface area contributed by atoms with Gasteiger partial charge in [0, 0.05) is 11.3 Å². The first-order valence-corrected chi connectivity index (χ1v) is 5.99. The summed E-state index contributed by atoms with van der Waals surface area (Å²) in [5.74, 6) is -2.22. The summed E-state index contributed by atoms with van der Waals surface area (Å²) in [6, 6.07) is 8.10. The van der Waals surface area contributed by atoms with Crippen LogP contribution < -0.4 is 5.32 Å². The van der Waals surface area contributed by atoms with Crippen LogP contribution in [0, 0.1) is 18.6 Å². The summed E-state index contributed by atoms with van der Waals surface area (Å²) in [6.07, 6.45) is -0.0771. The van der Waals surface area contributed by atoms with E-state index in [1.54, 1.807) is 19.1 Å². The smallest absolute Gasteiger partial charge is 0.228 e. The fourth-order valence-corrected chi connectivity index (χ4v) is 1.79. The molecule has 0 aliphatic rings. The Kier molecular flexibility index (Phi) is 3.98.